The molecule has 0 spiro atoms. The van der Waals surface area contributed by atoms with E-state index in [1.54, 1.807) is 24.3 Å². The van der Waals surface area contributed by atoms with E-state index in [4.69, 9.17) is 4.74 Å². The summed E-state index contributed by atoms with van der Waals surface area (Å²) in [5.74, 6) is -0.732. The van der Waals surface area contributed by atoms with Gasteiger partial charge in [0, 0.05) is 11.1 Å². The highest BCUT2D eigenvalue weighted by molar-refractivity contribution is 5.73. The fraction of sp³-hybridized carbons (Fsp3) is 0.192. The molecule has 6 nitrogen and oxygen atoms in total. The number of ether oxygens (including phenoxy) is 2. The average molecular weight is 535 g/mol. The molecule has 1 unspecified atom stereocenters. The molecule has 12 heteroatoms. The van der Waals surface area contributed by atoms with E-state index >= 15 is 0 Å². The Bertz CT molecular complexity index is 1400. The van der Waals surface area contributed by atoms with E-state index < -0.39 is 30.2 Å². The Hall–Kier alpha value is -4.35. The molecule has 38 heavy (non-hydrogen) atoms. The van der Waals surface area contributed by atoms with Crippen LogP contribution >= 0.6 is 0 Å². The van der Waals surface area contributed by atoms with Crippen molar-refractivity contribution in [2.75, 3.05) is 0 Å². The quantitative estimate of drug-likeness (QED) is 0.195. The highest BCUT2D eigenvalue weighted by Gasteiger charge is 2.35. The summed E-state index contributed by atoms with van der Waals surface area (Å²) in [5, 5.41) is 4.31. The fourth-order valence-corrected chi connectivity index (χ4v) is 3.67. The minimum Gasteiger partial charge on any atom is -0.458 e. The molecule has 0 radical (unpaired) electrons. The van der Waals surface area contributed by atoms with Crippen molar-refractivity contribution in [2.24, 2.45) is 0 Å². The summed E-state index contributed by atoms with van der Waals surface area (Å²) in [7, 11) is 0. The zero-order valence-corrected chi connectivity index (χ0v) is 19.6. The largest absolute Gasteiger partial charge is 0.573 e. The second kappa shape index (κ2) is 10.6. The molecule has 1 heterocycles. The van der Waals surface area contributed by atoms with Crippen LogP contribution in [0.1, 0.15) is 29.7 Å². The SMILES string of the molecule is CC(OC(=O)Cc1ccc(-c2ncn(-c3ccc(OC(F)(F)F)cc3)n2)cc1)c1ccccc1C(F)(F)F. The molecule has 1 aromatic heterocycles. The summed E-state index contributed by atoms with van der Waals surface area (Å²) in [6.07, 6.45) is -9.23. The summed E-state index contributed by atoms with van der Waals surface area (Å²) in [5.41, 5.74) is 0.633. The molecule has 198 valence electrons. The van der Waals surface area contributed by atoms with Crippen molar-refractivity contribution in [3.05, 3.63) is 95.8 Å². The van der Waals surface area contributed by atoms with Crippen LogP contribution in [0.2, 0.25) is 0 Å². The van der Waals surface area contributed by atoms with Crippen LogP contribution in [0, 0.1) is 0 Å². The number of aromatic nitrogens is 3. The second-order valence-corrected chi connectivity index (χ2v) is 8.15. The lowest BCUT2D eigenvalue weighted by Crippen LogP contribution is -2.17. The number of hydrogen-bond acceptors (Lipinski definition) is 5. The van der Waals surface area contributed by atoms with Crippen LogP contribution in [0.3, 0.4) is 0 Å². The maximum Gasteiger partial charge on any atom is 0.573 e. The number of carbonyl (C=O) groups is 1. The lowest BCUT2D eigenvalue weighted by atomic mass is 10.0. The van der Waals surface area contributed by atoms with Gasteiger partial charge in [-0.25, -0.2) is 9.67 Å². The number of rotatable bonds is 7. The lowest BCUT2D eigenvalue weighted by molar-refractivity contribution is -0.274. The van der Waals surface area contributed by atoms with Crippen LogP contribution in [-0.2, 0) is 22.1 Å². The van der Waals surface area contributed by atoms with Gasteiger partial charge >= 0.3 is 18.5 Å². The van der Waals surface area contributed by atoms with Gasteiger partial charge in [-0.1, -0.05) is 42.5 Å². The molecule has 0 fully saturated rings. The summed E-state index contributed by atoms with van der Waals surface area (Å²) < 4.78 is 87.2. The molecular weight excluding hydrogens is 516 g/mol. The molecule has 4 rings (SSSR count). The zero-order valence-electron chi connectivity index (χ0n) is 19.6. The van der Waals surface area contributed by atoms with E-state index in [1.165, 1.54) is 48.3 Å². The van der Waals surface area contributed by atoms with Crippen molar-refractivity contribution in [2.45, 2.75) is 32.0 Å². The average Bonchev–Trinajstić information content (AvgIpc) is 3.34. The van der Waals surface area contributed by atoms with Crippen LogP contribution in [0.5, 0.6) is 5.75 Å². The van der Waals surface area contributed by atoms with Gasteiger partial charge in [-0.3, -0.25) is 4.79 Å². The molecule has 0 aliphatic rings. The Balaban J connectivity index is 1.38. The summed E-state index contributed by atoms with van der Waals surface area (Å²) in [6, 6.07) is 16.6. The highest BCUT2D eigenvalue weighted by atomic mass is 19.4. The molecule has 0 saturated heterocycles. The van der Waals surface area contributed by atoms with Gasteiger partial charge < -0.3 is 9.47 Å². The zero-order chi connectivity index (χ0) is 27.5. The predicted molar refractivity (Wildman–Crippen MR) is 123 cm³/mol. The van der Waals surface area contributed by atoms with Crippen LogP contribution in [0.25, 0.3) is 17.1 Å². The van der Waals surface area contributed by atoms with Crippen LogP contribution in [-0.4, -0.2) is 27.1 Å². The fourth-order valence-electron chi connectivity index (χ4n) is 3.67. The van der Waals surface area contributed by atoms with Gasteiger partial charge in [-0.05, 0) is 42.8 Å². The molecule has 0 aliphatic heterocycles. The summed E-state index contributed by atoms with van der Waals surface area (Å²) in [6.45, 7) is 1.38. The molecule has 0 aliphatic carbocycles. The van der Waals surface area contributed by atoms with Gasteiger partial charge in [0.25, 0.3) is 0 Å². The van der Waals surface area contributed by atoms with Crippen LogP contribution in [0.4, 0.5) is 26.3 Å². The van der Waals surface area contributed by atoms with Gasteiger partial charge in [0.2, 0.25) is 0 Å². The first-order chi connectivity index (χ1) is 17.9. The summed E-state index contributed by atoms with van der Waals surface area (Å²) >= 11 is 0. The van der Waals surface area contributed by atoms with E-state index in [9.17, 15) is 31.1 Å². The first kappa shape index (κ1) is 26.7. The number of alkyl halides is 6. The maximum atomic E-state index is 13.2. The topological polar surface area (TPSA) is 66.2 Å². The smallest absolute Gasteiger partial charge is 0.458 e. The van der Waals surface area contributed by atoms with Gasteiger partial charge in [0.05, 0.1) is 17.7 Å². The number of benzene rings is 3. The molecule has 0 bridgehead atoms. The third-order valence-corrected chi connectivity index (χ3v) is 5.40. The first-order valence-electron chi connectivity index (χ1n) is 11.1. The van der Waals surface area contributed by atoms with Gasteiger partial charge in [0.1, 0.15) is 18.2 Å². The van der Waals surface area contributed by atoms with Gasteiger partial charge in [0.15, 0.2) is 5.82 Å². The van der Waals surface area contributed by atoms with Crippen molar-refractivity contribution in [1.82, 2.24) is 14.8 Å². The first-order valence-corrected chi connectivity index (χ1v) is 11.1. The van der Waals surface area contributed by atoms with Gasteiger partial charge in [-0.15, -0.1) is 18.3 Å². The third-order valence-electron chi connectivity index (χ3n) is 5.40. The Morgan fingerprint density at radius 2 is 1.58 bits per heavy atom. The van der Waals surface area contributed by atoms with E-state index in [-0.39, 0.29) is 17.7 Å². The Labute approximate surface area is 212 Å². The third kappa shape index (κ3) is 6.69. The minimum absolute atomic E-state index is 0.132. The van der Waals surface area contributed by atoms with Crippen molar-refractivity contribution in [3.63, 3.8) is 0 Å². The second-order valence-electron chi connectivity index (χ2n) is 8.15. The number of halogens is 6. The molecule has 0 N–H and O–H groups in total. The Morgan fingerprint density at radius 3 is 2.21 bits per heavy atom. The minimum atomic E-state index is -4.79. The Morgan fingerprint density at radius 1 is 0.921 bits per heavy atom. The molecule has 3 aromatic carbocycles. The van der Waals surface area contributed by atoms with Crippen molar-refractivity contribution in [3.8, 4) is 22.8 Å². The van der Waals surface area contributed by atoms with Crippen LogP contribution < -0.4 is 4.74 Å². The summed E-state index contributed by atoms with van der Waals surface area (Å²) in [4.78, 5) is 16.6. The predicted octanol–water partition coefficient (Wildman–Crippen LogP) is 6.70. The van der Waals surface area contributed by atoms with Gasteiger partial charge in [-0.2, -0.15) is 13.2 Å². The van der Waals surface area contributed by atoms with E-state index in [0.717, 1.165) is 18.2 Å². The van der Waals surface area contributed by atoms with Crippen molar-refractivity contribution < 1.29 is 40.6 Å². The number of carbonyl (C=O) groups excluding carboxylic acids is 1. The normalized spacial score (nSPS) is 12.7. The van der Waals surface area contributed by atoms with Crippen LogP contribution in [0.15, 0.2) is 79.1 Å². The lowest BCUT2D eigenvalue weighted by Gasteiger charge is -2.18. The molecule has 0 amide bonds. The standard InChI is InChI=1S/C26H19F6N3O3/c1-16(21-4-2-3-5-22(21)25(27,28)29)37-23(36)14-17-6-8-18(9-7-17)24-33-15-35(34-24)19-10-12-20(13-11-19)38-26(30,31)32/h2-13,15-16H,14H2,1H3. The number of nitrogens with zero attached hydrogens (tertiary/aromatic N) is 3. The number of esters is 1. The Kier molecular flexibility index (Phi) is 7.42. The maximum absolute atomic E-state index is 13.2. The molecule has 4 aromatic rings. The number of hydrogen-bond donors (Lipinski definition) is 0. The molecule has 1 atom stereocenters. The van der Waals surface area contributed by atoms with Crippen molar-refractivity contribution >= 4 is 5.97 Å². The monoisotopic (exact) mass is 535 g/mol. The highest BCUT2D eigenvalue weighted by Crippen LogP contribution is 2.35. The van der Waals surface area contributed by atoms with E-state index in [2.05, 4.69) is 14.8 Å². The van der Waals surface area contributed by atoms with Crippen molar-refractivity contribution in [1.29, 1.82) is 0 Å². The van der Waals surface area contributed by atoms with E-state index in [0.29, 0.717) is 22.6 Å². The van der Waals surface area contributed by atoms with E-state index in [1.807, 2.05) is 0 Å². The molecule has 0 saturated carbocycles. The molecular formula is C26H19F6N3O3.